The van der Waals surface area contributed by atoms with Crippen LogP contribution in [0.25, 0.3) is 0 Å². The summed E-state index contributed by atoms with van der Waals surface area (Å²) in [6.45, 7) is 1.98. The van der Waals surface area contributed by atoms with Crippen molar-refractivity contribution in [3.63, 3.8) is 0 Å². The van der Waals surface area contributed by atoms with Crippen LogP contribution in [0, 0.1) is 0 Å². The number of anilines is 1. The molecular formula is C17H19N3O3S. The van der Waals surface area contributed by atoms with Crippen LogP contribution in [0.3, 0.4) is 0 Å². The molecule has 1 aliphatic heterocycles. The number of rotatable bonds is 4. The zero-order chi connectivity index (χ0) is 17.3. The molecule has 0 saturated carbocycles. The van der Waals surface area contributed by atoms with E-state index in [0.717, 1.165) is 29.1 Å². The molecule has 0 bridgehead atoms. The maximum Gasteiger partial charge on any atom is 0.238 e. The molecule has 1 aliphatic rings. The molecule has 0 saturated heterocycles. The van der Waals surface area contributed by atoms with Crippen LogP contribution in [0.4, 0.5) is 5.69 Å². The van der Waals surface area contributed by atoms with Gasteiger partial charge in [-0.1, -0.05) is 12.1 Å². The highest BCUT2D eigenvalue weighted by Gasteiger charge is 2.27. The highest BCUT2D eigenvalue weighted by atomic mass is 32.2. The zero-order valence-electron chi connectivity index (χ0n) is 13.5. The van der Waals surface area contributed by atoms with E-state index in [1.54, 1.807) is 19.2 Å². The molecule has 3 rings (SSSR count). The third kappa shape index (κ3) is 3.27. The quantitative estimate of drug-likeness (QED) is 0.923. The lowest BCUT2D eigenvalue weighted by Crippen LogP contribution is -2.19. The zero-order valence-corrected chi connectivity index (χ0v) is 14.3. The molecule has 1 heterocycles. The number of methoxy groups -OCH3 is 1. The van der Waals surface area contributed by atoms with E-state index in [2.05, 4.69) is 5.10 Å². The molecule has 0 fully saturated rings. The Labute approximate surface area is 141 Å². The predicted octanol–water partition coefficient (Wildman–Crippen LogP) is 2.67. The van der Waals surface area contributed by atoms with Gasteiger partial charge < -0.3 is 4.74 Å². The summed E-state index contributed by atoms with van der Waals surface area (Å²) in [5, 5.41) is 11.6. The van der Waals surface area contributed by atoms with Gasteiger partial charge in [0, 0.05) is 12.1 Å². The van der Waals surface area contributed by atoms with Crippen molar-refractivity contribution in [2.45, 2.75) is 24.3 Å². The summed E-state index contributed by atoms with van der Waals surface area (Å²) < 4.78 is 28.0. The number of hydrogen-bond donors (Lipinski definition) is 1. The minimum atomic E-state index is -3.70. The van der Waals surface area contributed by atoms with Gasteiger partial charge in [0.05, 0.1) is 23.7 Å². The van der Waals surface area contributed by atoms with Crippen LogP contribution >= 0.6 is 0 Å². The monoisotopic (exact) mass is 345 g/mol. The van der Waals surface area contributed by atoms with Crippen molar-refractivity contribution < 1.29 is 13.2 Å². The van der Waals surface area contributed by atoms with Crippen LogP contribution < -0.4 is 14.9 Å². The second-order valence-corrected chi connectivity index (χ2v) is 7.27. The lowest BCUT2D eigenvalue weighted by Gasteiger charge is -2.24. The van der Waals surface area contributed by atoms with Gasteiger partial charge >= 0.3 is 0 Å². The second-order valence-electron chi connectivity index (χ2n) is 5.71. The van der Waals surface area contributed by atoms with Gasteiger partial charge in [-0.15, -0.1) is 0 Å². The molecule has 0 amide bonds. The number of nitrogens with zero attached hydrogens (tertiary/aromatic N) is 2. The van der Waals surface area contributed by atoms with Crippen molar-refractivity contribution in [2.24, 2.45) is 10.2 Å². The first-order chi connectivity index (χ1) is 11.4. The summed E-state index contributed by atoms with van der Waals surface area (Å²) in [4.78, 5) is 0.0899. The Bertz CT molecular complexity index is 859. The summed E-state index contributed by atoms with van der Waals surface area (Å²) in [6, 6.07) is 14.4. The molecule has 126 valence electrons. The largest absolute Gasteiger partial charge is 0.497 e. The molecule has 2 aromatic carbocycles. The normalized spacial score (nSPS) is 17.7. The van der Waals surface area contributed by atoms with Gasteiger partial charge in [0.1, 0.15) is 5.75 Å². The van der Waals surface area contributed by atoms with Crippen molar-refractivity contribution in [3.8, 4) is 5.75 Å². The first-order valence-electron chi connectivity index (χ1n) is 7.48. The Balaban J connectivity index is 1.92. The van der Waals surface area contributed by atoms with Crippen molar-refractivity contribution in [1.29, 1.82) is 0 Å². The maximum atomic E-state index is 11.4. The van der Waals surface area contributed by atoms with E-state index in [1.807, 2.05) is 36.2 Å². The van der Waals surface area contributed by atoms with Crippen molar-refractivity contribution in [3.05, 3.63) is 54.1 Å². The van der Waals surface area contributed by atoms with Crippen molar-refractivity contribution >= 4 is 21.4 Å². The highest BCUT2D eigenvalue weighted by molar-refractivity contribution is 7.89. The SMILES string of the molecule is COc1ccc(C2CC(C)=NN2c2ccc(S(N)(=O)=O)cc2)cc1. The van der Waals surface area contributed by atoms with E-state index in [1.165, 1.54) is 12.1 Å². The smallest absolute Gasteiger partial charge is 0.238 e. The summed E-state index contributed by atoms with van der Waals surface area (Å²) in [6.07, 6.45) is 0.809. The van der Waals surface area contributed by atoms with E-state index < -0.39 is 10.0 Å². The summed E-state index contributed by atoms with van der Waals surface area (Å²) >= 11 is 0. The molecule has 24 heavy (non-hydrogen) atoms. The first kappa shape index (κ1) is 16.5. The average Bonchev–Trinajstić information content (AvgIpc) is 2.96. The molecule has 1 unspecified atom stereocenters. The number of nitrogens with two attached hydrogens (primary N) is 1. The van der Waals surface area contributed by atoms with E-state index >= 15 is 0 Å². The van der Waals surface area contributed by atoms with Crippen molar-refractivity contribution in [2.75, 3.05) is 12.1 Å². The average molecular weight is 345 g/mol. The van der Waals surface area contributed by atoms with E-state index in [0.29, 0.717) is 0 Å². The van der Waals surface area contributed by atoms with Crippen LogP contribution in [0.15, 0.2) is 58.5 Å². The Kier molecular flexibility index (Phi) is 4.29. The molecule has 0 radical (unpaired) electrons. The molecule has 7 heteroatoms. The van der Waals surface area contributed by atoms with Gasteiger partial charge in [-0.2, -0.15) is 5.10 Å². The van der Waals surface area contributed by atoms with Gasteiger partial charge in [-0.3, -0.25) is 5.01 Å². The van der Waals surface area contributed by atoms with E-state index in [9.17, 15) is 8.42 Å². The lowest BCUT2D eigenvalue weighted by molar-refractivity contribution is 0.414. The molecule has 2 aromatic rings. The molecule has 1 atom stereocenters. The van der Waals surface area contributed by atoms with Crippen LogP contribution in [0.1, 0.15) is 24.9 Å². The van der Waals surface area contributed by atoms with Crippen LogP contribution in [0.2, 0.25) is 0 Å². The van der Waals surface area contributed by atoms with Gasteiger partial charge in [0.2, 0.25) is 10.0 Å². The summed E-state index contributed by atoms with van der Waals surface area (Å²) in [7, 11) is -2.06. The van der Waals surface area contributed by atoms with E-state index in [-0.39, 0.29) is 10.9 Å². The summed E-state index contributed by atoms with van der Waals surface area (Å²) in [5.74, 6) is 0.804. The molecule has 0 aliphatic carbocycles. The number of benzene rings is 2. The fourth-order valence-electron chi connectivity index (χ4n) is 2.77. The van der Waals surface area contributed by atoms with Gasteiger partial charge in [0.15, 0.2) is 0 Å². The van der Waals surface area contributed by atoms with E-state index in [4.69, 9.17) is 9.88 Å². The van der Waals surface area contributed by atoms with Crippen molar-refractivity contribution in [1.82, 2.24) is 0 Å². The van der Waals surface area contributed by atoms with Gasteiger partial charge in [-0.05, 0) is 48.9 Å². The predicted molar refractivity (Wildman–Crippen MR) is 93.8 cm³/mol. The minimum Gasteiger partial charge on any atom is -0.497 e. The Hall–Kier alpha value is -2.38. The number of sulfonamides is 1. The van der Waals surface area contributed by atoms with Crippen LogP contribution in [0.5, 0.6) is 5.75 Å². The minimum absolute atomic E-state index is 0.0660. The molecule has 0 aromatic heterocycles. The second kappa shape index (κ2) is 6.26. The fourth-order valence-corrected chi connectivity index (χ4v) is 3.29. The molecule has 0 spiro atoms. The standard InChI is InChI=1S/C17H19N3O3S/c1-12-11-17(13-3-7-15(23-2)8-4-13)20(19-12)14-5-9-16(10-6-14)24(18,21)22/h3-10,17H,11H2,1-2H3,(H2,18,21,22). The Morgan fingerprint density at radius 2 is 1.75 bits per heavy atom. The fraction of sp³-hybridized carbons (Fsp3) is 0.235. The third-order valence-electron chi connectivity index (χ3n) is 3.99. The highest BCUT2D eigenvalue weighted by Crippen LogP contribution is 2.35. The lowest BCUT2D eigenvalue weighted by atomic mass is 10.0. The molecule has 6 nitrogen and oxygen atoms in total. The number of hydrazone groups is 1. The third-order valence-corrected chi connectivity index (χ3v) is 4.92. The number of primary sulfonamides is 1. The first-order valence-corrected chi connectivity index (χ1v) is 9.03. The Morgan fingerprint density at radius 3 is 2.29 bits per heavy atom. The number of ether oxygens (including phenoxy) is 1. The maximum absolute atomic E-state index is 11.4. The topological polar surface area (TPSA) is 85.0 Å². The summed E-state index contributed by atoms with van der Waals surface area (Å²) in [5.41, 5.74) is 2.96. The molecule has 2 N–H and O–H groups in total. The Morgan fingerprint density at radius 1 is 1.12 bits per heavy atom. The number of hydrogen-bond acceptors (Lipinski definition) is 5. The van der Waals surface area contributed by atoms with Crippen LogP contribution in [-0.4, -0.2) is 21.2 Å². The van der Waals surface area contributed by atoms with Crippen LogP contribution in [-0.2, 0) is 10.0 Å². The van der Waals surface area contributed by atoms with Gasteiger partial charge in [-0.25, -0.2) is 13.6 Å². The van der Waals surface area contributed by atoms with Gasteiger partial charge in [0.25, 0.3) is 0 Å². The molecular weight excluding hydrogens is 326 g/mol.